The molecule has 6 nitrogen and oxygen atoms in total. The highest BCUT2D eigenvalue weighted by Crippen LogP contribution is 2.36. The number of carboxylic acid groups (broad SMARTS) is 1. The molecule has 0 radical (unpaired) electrons. The number of nitrogens with zero attached hydrogens (tertiary/aromatic N) is 4. The van der Waals surface area contributed by atoms with E-state index in [1.807, 2.05) is 0 Å². The summed E-state index contributed by atoms with van der Waals surface area (Å²) in [7, 11) is 0. The van der Waals surface area contributed by atoms with Gasteiger partial charge in [0.1, 0.15) is 4.34 Å². The first-order valence-electron chi connectivity index (χ1n) is 5.43. The fourth-order valence-corrected chi connectivity index (χ4v) is 2.94. The van der Waals surface area contributed by atoms with Crippen LogP contribution in [0.1, 0.15) is 13.3 Å². The number of hydrogen-bond acceptors (Lipinski definition) is 5. The lowest BCUT2D eigenvalue weighted by molar-refractivity contribution is -0.141. The Morgan fingerprint density at radius 2 is 2.32 bits per heavy atom. The first-order chi connectivity index (χ1) is 8.99. The summed E-state index contributed by atoms with van der Waals surface area (Å²) in [5.74, 6) is -0.810. The van der Waals surface area contributed by atoms with E-state index in [0.717, 1.165) is 0 Å². The highest BCUT2D eigenvalue weighted by molar-refractivity contribution is 7.20. The first kappa shape index (κ1) is 14.2. The monoisotopic (exact) mass is 320 g/mol. The molecule has 0 aliphatic carbocycles. The summed E-state index contributed by atoms with van der Waals surface area (Å²) >= 11 is 13.2. The van der Waals surface area contributed by atoms with Crippen LogP contribution in [0, 0.1) is 5.92 Å². The van der Waals surface area contributed by atoms with Crippen molar-refractivity contribution in [1.82, 2.24) is 20.2 Å². The molecule has 0 aliphatic heterocycles. The van der Waals surface area contributed by atoms with Gasteiger partial charge >= 0.3 is 5.97 Å². The van der Waals surface area contributed by atoms with Gasteiger partial charge in [-0.25, -0.2) is 4.68 Å². The number of hydrogen-bond donors (Lipinski definition) is 1. The lowest BCUT2D eigenvalue weighted by atomic mass is 10.1. The second-order valence-electron chi connectivity index (χ2n) is 3.99. The first-order valence-corrected chi connectivity index (χ1v) is 7.00. The molecule has 0 amide bonds. The molecule has 0 saturated carbocycles. The van der Waals surface area contributed by atoms with Gasteiger partial charge < -0.3 is 5.11 Å². The van der Waals surface area contributed by atoms with Crippen molar-refractivity contribution < 1.29 is 9.90 Å². The zero-order valence-corrected chi connectivity index (χ0v) is 12.2. The second kappa shape index (κ2) is 5.85. The molecule has 0 aliphatic rings. The number of tetrazole rings is 1. The minimum Gasteiger partial charge on any atom is -0.481 e. The van der Waals surface area contributed by atoms with Crippen LogP contribution < -0.4 is 0 Å². The smallest absolute Gasteiger partial charge is 0.306 e. The quantitative estimate of drug-likeness (QED) is 0.916. The van der Waals surface area contributed by atoms with Crippen molar-refractivity contribution >= 4 is 40.5 Å². The van der Waals surface area contributed by atoms with Crippen LogP contribution in [0.4, 0.5) is 0 Å². The number of rotatable bonds is 5. The molecule has 1 unspecified atom stereocenters. The zero-order chi connectivity index (χ0) is 14.0. The normalized spacial score (nSPS) is 12.6. The summed E-state index contributed by atoms with van der Waals surface area (Å²) in [4.78, 5) is 10.8. The van der Waals surface area contributed by atoms with Gasteiger partial charge in [-0.15, -0.1) is 16.4 Å². The number of aryl methyl sites for hydroxylation is 1. The maximum Gasteiger partial charge on any atom is 0.306 e. The van der Waals surface area contributed by atoms with Crippen LogP contribution in [0.25, 0.3) is 11.4 Å². The Morgan fingerprint density at radius 1 is 1.58 bits per heavy atom. The number of aliphatic carboxylic acids is 1. The maximum atomic E-state index is 10.8. The molecular weight excluding hydrogens is 311 g/mol. The Hall–Kier alpha value is -1.18. The van der Waals surface area contributed by atoms with Gasteiger partial charge in [-0.1, -0.05) is 30.1 Å². The highest BCUT2D eigenvalue weighted by atomic mass is 35.5. The molecule has 2 heterocycles. The van der Waals surface area contributed by atoms with E-state index in [1.165, 1.54) is 16.0 Å². The second-order valence-corrected chi connectivity index (χ2v) is 6.28. The summed E-state index contributed by atoms with van der Waals surface area (Å²) in [6.45, 7) is 2.04. The molecule has 2 aromatic heterocycles. The van der Waals surface area contributed by atoms with Crippen molar-refractivity contribution in [3.8, 4) is 11.4 Å². The molecule has 0 fully saturated rings. The van der Waals surface area contributed by atoms with E-state index in [1.54, 1.807) is 13.0 Å². The fraction of sp³-hybridized carbons (Fsp3) is 0.400. The van der Waals surface area contributed by atoms with Crippen LogP contribution in [0.5, 0.6) is 0 Å². The summed E-state index contributed by atoms with van der Waals surface area (Å²) in [5, 5.41) is 20.2. The molecule has 19 heavy (non-hydrogen) atoms. The van der Waals surface area contributed by atoms with Gasteiger partial charge in [-0.05, 0) is 22.9 Å². The summed E-state index contributed by atoms with van der Waals surface area (Å²) in [6, 6.07) is 1.69. The van der Waals surface area contributed by atoms with Gasteiger partial charge in [0.25, 0.3) is 0 Å². The molecule has 0 spiro atoms. The number of carbonyl (C=O) groups is 1. The zero-order valence-electron chi connectivity index (χ0n) is 9.88. The van der Waals surface area contributed by atoms with Crippen LogP contribution in [0.3, 0.4) is 0 Å². The molecule has 1 atom stereocenters. The van der Waals surface area contributed by atoms with E-state index in [2.05, 4.69) is 15.5 Å². The number of aromatic nitrogens is 4. The van der Waals surface area contributed by atoms with Crippen molar-refractivity contribution in [1.29, 1.82) is 0 Å². The van der Waals surface area contributed by atoms with Crippen LogP contribution in [0.15, 0.2) is 6.07 Å². The minimum absolute atomic E-state index is 0.402. The summed E-state index contributed by atoms with van der Waals surface area (Å²) < 4.78 is 2.59. The Balaban J connectivity index is 2.18. The van der Waals surface area contributed by atoms with Gasteiger partial charge in [0.05, 0.1) is 15.8 Å². The highest BCUT2D eigenvalue weighted by Gasteiger charge is 2.17. The van der Waals surface area contributed by atoms with E-state index in [4.69, 9.17) is 28.3 Å². The molecular formula is C10H10Cl2N4O2S. The van der Waals surface area contributed by atoms with E-state index in [0.29, 0.717) is 33.0 Å². The molecule has 2 rings (SSSR count). The molecule has 0 bridgehead atoms. The summed E-state index contributed by atoms with van der Waals surface area (Å²) in [6.07, 6.45) is 0.433. The maximum absolute atomic E-state index is 10.8. The van der Waals surface area contributed by atoms with E-state index in [9.17, 15) is 4.79 Å². The van der Waals surface area contributed by atoms with Crippen molar-refractivity contribution in [3.63, 3.8) is 0 Å². The third-order valence-corrected chi connectivity index (χ3v) is 4.11. The third kappa shape index (κ3) is 3.23. The van der Waals surface area contributed by atoms with Crippen molar-refractivity contribution in [2.75, 3.05) is 0 Å². The standard InChI is InChI=1S/C10H10Cl2N4O2S/c1-5(10(17)18)2-3-16-9(13-14-15-16)6-4-7(11)19-8(6)12/h4-5H,2-3H2,1H3,(H,17,18). The number of carboxylic acids is 1. The van der Waals surface area contributed by atoms with Crippen LogP contribution in [-0.4, -0.2) is 31.3 Å². The van der Waals surface area contributed by atoms with Crippen molar-refractivity contribution in [2.24, 2.45) is 5.92 Å². The molecule has 0 aromatic carbocycles. The molecule has 9 heteroatoms. The third-order valence-electron chi connectivity index (χ3n) is 2.62. The Kier molecular flexibility index (Phi) is 4.38. The lowest BCUT2D eigenvalue weighted by Gasteiger charge is -2.06. The lowest BCUT2D eigenvalue weighted by Crippen LogP contribution is -2.13. The van der Waals surface area contributed by atoms with Gasteiger partial charge in [0, 0.05) is 6.54 Å². The largest absolute Gasteiger partial charge is 0.481 e. The Bertz CT molecular complexity index is 598. The average molecular weight is 321 g/mol. The van der Waals surface area contributed by atoms with E-state index >= 15 is 0 Å². The van der Waals surface area contributed by atoms with Crippen LogP contribution in [0.2, 0.25) is 8.67 Å². The molecule has 102 valence electrons. The fourth-order valence-electron chi connectivity index (χ4n) is 1.48. The SMILES string of the molecule is CC(CCn1nnnc1-c1cc(Cl)sc1Cl)C(=O)O. The Morgan fingerprint density at radius 3 is 2.89 bits per heavy atom. The predicted molar refractivity (Wildman–Crippen MR) is 72.6 cm³/mol. The van der Waals surface area contributed by atoms with E-state index in [-0.39, 0.29) is 0 Å². The van der Waals surface area contributed by atoms with Crippen LogP contribution >= 0.6 is 34.5 Å². The number of thiophene rings is 1. The van der Waals surface area contributed by atoms with Gasteiger partial charge in [-0.3, -0.25) is 4.79 Å². The van der Waals surface area contributed by atoms with Gasteiger partial charge in [0.15, 0.2) is 5.82 Å². The van der Waals surface area contributed by atoms with Crippen molar-refractivity contribution in [3.05, 3.63) is 14.7 Å². The van der Waals surface area contributed by atoms with Gasteiger partial charge in [-0.2, -0.15) is 0 Å². The predicted octanol–water partition coefficient (Wildman–Crippen LogP) is 2.82. The molecule has 0 saturated heterocycles. The van der Waals surface area contributed by atoms with Crippen molar-refractivity contribution in [2.45, 2.75) is 19.9 Å². The molecule has 2 aromatic rings. The van der Waals surface area contributed by atoms with Crippen LogP contribution in [-0.2, 0) is 11.3 Å². The van der Waals surface area contributed by atoms with Gasteiger partial charge in [0.2, 0.25) is 0 Å². The minimum atomic E-state index is -0.841. The average Bonchev–Trinajstić information content (AvgIpc) is 2.91. The number of halogens is 2. The topological polar surface area (TPSA) is 80.9 Å². The molecule has 1 N–H and O–H groups in total. The summed E-state index contributed by atoms with van der Waals surface area (Å²) in [5.41, 5.74) is 0.657. The Labute approximate surface area is 122 Å². The van der Waals surface area contributed by atoms with E-state index < -0.39 is 11.9 Å².